The van der Waals surface area contributed by atoms with Crippen LogP contribution in [-0.2, 0) is 15.3 Å². The van der Waals surface area contributed by atoms with Crippen LogP contribution in [0.1, 0.15) is 6.42 Å². The van der Waals surface area contributed by atoms with Gasteiger partial charge in [0.25, 0.3) is 5.72 Å². The summed E-state index contributed by atoms with van der Waals surface area (Å²) in [6.45, 7) is -0.407. The fourth-order valence-corrected chi connectivity index (χ4v) is 2.51. The lowest BCUT2D eigenvalue weighted by Crippen LogP contribution is -2.49. The number of rotatable bonds is 3. The van der Waals surface area contributed by atoms with Crippen LogP contribution in [0.15, 0.2) is 12.7 Å². The third-order valence-corrected chi connectivity index (χ3v) is 3.51. The molecule has 0 unspecified atom stereocenters. The lowest BCUT2D eigenvalue weighted by molar-refractivity contribution is -0.194. The number of aromatic nitrogens is 4. The molecule has 1 aliphatic rings. The highest BCUT2D eigenvalue weighted by Crippen LogP contribution is 2.37. The average Bonchev–Trinajstić information content (AvgIpc) is 3.01. The minimum absolute atomic E-state index is 0.0248. The topological polar surface area (TPSA) is 157 Å². The maximum atomic E-state index is 11.7. The van der Waals surface area contributed by atoms with Gasteiger partial charge in [0.05, 0.1) is 12.7 Å². The Morgan fingerprint density at radius 1 is 1.52 bits per heavy atom. The molecule has 5 N–H and O–H groups in total. The fraction of sp³-hybridized carbons (Fsp3) is 0.455. The number of hydrogen-bond acceptors (Lipinski definition) is 8. The zero-order valence-corrected chi connectivity index (χ0v) is 10.7. The van der Waals surface area contributed by atoms with Gasteiger partial charge in [-0.1, -0.05) is 0 Å². The van der Waals surface area contributed by atoms with Crippen molar-refractivity contribution in [2.45, 2.75) is 24.4 Å². The Morgan fingerprint density at radius 2 is 2.29 bits per heavy atom. The first-order valence-corrected chi connectivity index (χ1v) is 6.14. The minimum Gasteiger partial charge on any atom is -0.478 e. The molecule has 1 fully saturated rings. The summed E-state index contributed by atoms with van der Waals surface area (Å²) in [6.07, 6.45) is 0.139. The highest BCUT2D eigenvalue weighted by molar-refractivity contribution is 5.84. The van der Waals surface area contributed by atoms with Gasteiger partial charge in [-0.3, -0.25) is 4.57 Å². The Balaban J connectivity index is 2.22. The molecule has 0 saturated carbocycles. The lowest BCUT2D eigenvalue weighted by Gasteiger charge is -2.28. The van der Waals surface area contributed by atoms with E-state index < -0.39 is 30.5 Å². The first kappa shape index (κ1) is 13.7. The number of nitrogens with zero attached hydrogens (tertiary/aromatic N) is 4. The second kappa shape index (κ2) is 4.62. The summed E-state index contributed by atoms with van der Waals surface area (Å²) in [5.41, 5.74) is 3.89. The van der Waals surface area contributed by atoms with Gasteiger partial charge in [0.15, 0.2) is 11.5 Å². The predicted molar refractivity (Wildman–Crippen MR) is 67.9 cm³/mol. The van der Waals surface area contributed by atoms with Gasteiger partial charge in [-0.15, -0.1) is 0 Å². The molecular weight excluding hydrogens is 282 g/mol. The van der Waals surface area contributed by atoms with E-state index in [9.17, 15) is 15.0 Å². The zero-order valence-electron chi connectivity index (χ0n) is 10.7. The van der Waals surface area contributed by atoms with Crippen molar-refractivity contribution in [2.24, 2.45) is 0 Å². The van der Waals surface area contributed by atoms with E-state index in [-0.39, 0.29) is 23.4 Å². The fourth-order valence-electron chi connectivity index (χ4n) is 2.51. The van der Waals surface area contributed by atoms with Crippen molar-refractivity contribution < 1.29 is 24.9 Å². The van der Waals surface area contributed by atoms with Gasteiger partial charge in [0.2, 0.25) is 0 Å². The van der Waals surface area contributed by atoms with Crippen molar-refractivity contribution in [3.8, 4) is 0 Å². The molecule has 10 nitrogen and oxygen atoms in total. The standard InChI is InChI=1S/C11H13N5O5/c12-8-7-9(14-3-13-8)16(4-15-7)11(10(19)20)6(18)1-5(2-17)21-11/h3-6,17-18H,1-2H2,(H,19,20)(H2,12,13,14)/t5-,6+,11-/m0/s1. The molecule has 3 heterocycles. The van der Waals surface area contributed by atoms with Gasteiger partial charge < -0.3 is 25.8 Å². The Kier molecular flexibility index (Phi) is 3.01. The van der Waals surface area contributed by atoms with Crippen molar-refractivity contribution in [3.63, 3.8) is 0 Å². The smallest absolute Gasteiger partial charge is 0.360 e. The van der Waals surface area contributed by atoms with Gasteiger partial charge >= 0.3 is 5.97 Å². The van der Waals surface area contributed by atoms with Crippen LogP contribution in [0.4, 0.5) is 5.82 Å². The number of imidazole rings is 1. The molecule has 1 aliphatic heterocycles. The molecule has 112 valence electrons. The molecular formula is C11H13N5O5. The molecule has 3 rings (SSSR count). The summed E-state index contributed by atoms with van der Waals surface area (Å²) in [7, 11) is 0. The van der Waals surface area contributed by atoms with Crippen molar-refractivity contribution in [3.05, 3.63) is 12.7 Å². The van der Waals surface area contributed by atoms with Crippen LogP contribution in [0.3, 0.4) is 0 Å². The van der Waals surface area contributed by atoms with Crippen molar-refractivity contribution >= 4 is 23.0 Å². The molecule has 2 aromatic heterocycles. The Labute approximate surface area is 117 Å². The summed E-state index contributed by atoms with van der Waals surface area (Å²) in [4.78, 5) is 23.4. The highest BCUT2D eigenvalue weighted by atomic mass is 16.6. The van der Waals surface area contributed by atoms with Crippen molar-refractivity contribution in [2.75, 3.05) is 12.3 Å². The molecule has 0 radical (unpaired) electrons. The summed E-state index contributed by atoms with van der Waals surface area (Å²) in [5.74, 6) is -1.33. The molecule has 10 heteroatoms. The van der Waals surface area contributed by atoms with Gasteiger partial charge in [0.1, 0.15) is 24.3 Å². The summed E-state index contributed by atoms with van der Waals surface area (Å²) < 4.78 is 6.49. The van der Waals surface area contributed by atoms with Crippen LogP contribution < -0.4 is 5.73 Å². The van der Waals surface area contributed by atoms with E-state index in [0.29, 0.717) is 0 Å². The number of carboxylic acids is 1. The quantitative estimate of drug-likeness (QED) is 0.517. The molecule has 0 amide bonds. The number of nitrogens with two attached hydrogens (primary N) is 1. The largest absolute Gasteiger partial charge is 0.478 e. The molecule has 0 spiro atoms. The van der Waals surface area contributed by atoms with Crippen LogP contribution in [-0.4, -0.2) is 59.6 Å². The number of aliphatic carboxylic acids is 1. The molecule has 2 aromatic rings. The lowest BCUT2D eigenvalue weighted by atomic mass is 10.1. The predicted octanol–water partition coefficient (Wildman–Crippen LogP) is -1.71. The van der Waals surface area contributed by atoms with E-state index in [1.165, 1.54) is 6.33 Å². The van der Waals surface area contributed by atoms with E-state index in [4.69, 9.17) is 15.6 Å². The van der Waals surface area contributed by atoms with E-state index in [0.717, 1.165) is 10.9 Å². The molecule has 1 saturated heterocycles. The zero-order chi connectivity index (χ0) is 15.2. The maximum Gasteiger partial charge on any atom is 0.360 e. The highest BCUT2D eigenvalue weighted by Gasteiger charge is 2.56. The van der Waals surface area contributed by atoms with Crippen LogP contribution >= 0.6 is 0 Å². The monoisotopic (exact) mass is 295 g/mol. The maximum absolute atomic E-state index is 11.7. The Hall–Kier alpha value is -2.30. The number of aliphatic hydroxyl groups excluding tert-OH is 2. The number of nitrogen functional groups attached to an aromatic ring is 1. The molecule has 0 bridgehead atoms. The van der Waals surface area contributed by atoms with Gasteiger partial charge in [-0.05, 0) is 0 Å². The number of aliphatic hydroxyl groups is 2. The number of anilines is 1. The normalized spacial score (nSPS) is 29.0. The number of carbonyl (C=O) groups is 1. The minimum atomic E-state index is -2.11. The van der Waals surface area contributed by atoms with Gasteiger partial charge in [-0.2, -0.15) is 0 Å². The first-order chi connectivity index (χ1) is 10.0. The SMILES string of the molecule is Nc1ncnc2c1ncn2[C@]1(C(=O)O)O[C@H](CO)C[C@H]1O. The van der Waals surface area contributed by atoms with E-state index in [1.807, 2.05) is 0 Å². The van der Waals surface area contributed by atoms with E-state index >= 15 is 0 Å². The van der Waals surface area contributed by atoms with Crippen LogP contribution in [0.2, 0.25) is 0 Å². The van der Waals surface area contributed by atoms with Gasteiger partial charge in [0, 0.05) is 6.42 Å². The second-order valence-corrected chi connectivity index (χ2v) is 4.72. The summed E-state index contributed by atoms with van der Waals surface area (Å²) >= 11 is 0. The number of fused-ring (bicyclic) bond motifs is 1. The number of hydrogen-bond donors (Lipinski definition) is 4. The van der Waals surface area contributed by atoms with E-state index in [2.05, 4.69) is 15.0 Å². The molecule has 0 aliphatic carbocycles. The number of carboxylic acid groups (broad SMARTS) is 1. The van der Waals surface area contributed by atoms with Crippen LogP contribution in [0.5, 0.6) is 0 Å². The molecule has 0 aromatic carbocycles. The second-order valence-electron chi connectivity index (χ2n) is 4.72. The number of ether oxygens (including phenoxy) is 1. The summed E-state index contributed by atoms with van der Waals surface area (Å²) in [6, 6.07) is 0. The first-order valence-electron chi connectivity index (χ1n) is 6.14. The van der Waals surface area contributed by atoms with Crippen LogP contribution in [0, 0.1) is 0 Å². The van der Waals surface area contributed by atoms with Gasteiger partial charge in [-0.25, -0.2) is 19.7 Å². The summed E-state index contributed by atoms with van der Waals surface area (Å²) in [5, 5.41) is 28.9. The van der Waals surface area contributed by atoms with Crippen LogP contribution in [0.25, 0.3) is 11.2 Å². The third kappa shape index (κ3) is 1.77. The Bertz CT molecular complexity index is 703. The average molecular weight is 295 g/mol. The Morgan fingerprint density at radius 3 is 2.90 bits per heavy atom. The molecule has 21 heavy (non-hydrogen) atoms. The van der Waals surface area contributed by atoms with E-state index in [1.54, 1.807) is 0 Å². The van der Waals surface area contributed by atoms with Crippen molar-refractivity contribution in [1.82, 2.24) is 19.5 Å². The molecule has 3 atom stereocenters. The van der Waals surface area contributed by atoms with Crippen molar-refractivity contribution in [1.29, 1.82) is 0 Å². The third-order valence-electron chi connectivity index (χ3n) is 3.51.